The maximum atomic E-state index is 12.6. The van der Waals surface area contributed by atoms with Gasteiger partial charge in [0.15, 0.2) is 0 Å². The lowest BCUT2D eigenvalue weighted by Crippen LogP contribution is -2.24. The number of aromatic nitrogens is 2. The van der Waals surface area contributed by atoms with Gasteiger partial charge in [0.05, 0.1) is 22.2 Å². The second-order valence-electron chi connectivity index (χ2n) is 7.33. The largest absolute Gasteiger partial charge is 0.328 e. The molecule has 1 aliphatic rings. The highest BCUT2D eigenvalue weighted by atomic mass is 32.2. The molecule has 7 nitrogen and oxygen atoms in total. The molecular weight excluding hydrogens is 408 g/mol. The van der Waals surface area contributed by atoms with Crippen LogP contribution in [0.2, 0.25) is 0 Å². The number of amides is 1. The van der Waals surface area contributed by atoms with Crippen molar-refractivity contribution in [3.63, 3.8) is 0 Å². The van der Waals surface area contributed by atoms with Crippen LogP contribution in [0.25, 0.3) is 11.0 Å². The number of imidazole rings is 1. The number of hydrogen-bond donors (Lipinski definition) is 2. The molecule has 0 unspecified atom stereocenters. The van der Waals surface area contributed by atoms with Crippen LogP contribution < -0.4 is 10.0 Å². The maximum absolute atomic E-state index is 12.6. The highest BCUT2D eigenvalue weighted by molar-refractivity contribution is 7.88. The zero-order chi connectivity index (χ0) is 20.4. The summed E-state index contributed by atoms with van der Waals surface area (Å²) in [6.45, 7) is 1.33. The molecule has 3 aromatic rings. The third-order valence-corrected chi connectivity index (χ3v) is 6.86. The number of anilines is 1. The van der Waals surface area contributed by atoms with E-state index >= 15 is 0 Å². The van der Waals surface area contributed by atoms with Crippen molar-refractivity contribution in [2.75, 3.05) is 18.1 Å². The Morgan fingerprint density at radius 3 is 2.90 bits per heavy atom. The molecule has 0 aliphatic carbocycles. The third kappa shape index (κ3) is 4.85. The number of hydrogen-bond acceptors (Lipinski definition) is 5. The molecule has 0 fully saturated rings. The lowest BCUT2D eigenvalue weighted by Gasteiger charge is -2.06. The van der Waals surface area contributed by atoms with Crippen LogP contribution in [-0.4, -0.2) is 36.7 Å². The summed E-state index contributed by atoms with van der Waals surface area (Å²) in [5.74, 6) is 0.962. The number of rotatable bonds is 6. The number of fused-ring (bicyclic) bond motifs is 3. The molecule has 1 amide bonds. The lowest BCUT2D eigenvalue weighted by molar-refractivity contribution is 0.103. The molecule has 0 radical (unpaired) electrons. The van der Waals surface area contributed by atoms with E-state index in [-0.39, 0.29) is 5.91 Å². The van der Waals surface area contributed by atoms with Crippen LogP contribution in [0, 0.1) is 0 Å². The predicted octanol–water partition coefficient (Wildman–Crippen LogP) is 3.17. The Bertz CT molecular complexity index is 1150. The minimum atomic E-state index is -3.20. The quantitative estimate of drug-likeness (QED) is 0.626. The number of nitrogens with one attached hydrogen (secondary N) is 2. The van der Waals surface area contributed by atoms with E-state index < -0.39 is 10.0 Å². The summed E-state index contributed by atoms with van der Waals surface area (Å²) in [5.41, 5.74) is 2.76. The molecule has 0 saturated carbocycles. The molecule has 2 N–H and O–H groups in total. The first-order valence-corrected chi connectivity index (χ1v) is 12.4. The summed E-state index contributed by atoms with van der Waals surface area (Å²) in [5, 5.41) is 2.95. The smallest absolute Gasteiger partial charge is 0.265 e. The molecule has 4 rings (SSSR count). The summed E-state index contributed by atoms with van der Waals surface area (Å²) in [4.78, 5) is 18.9. The number of sulfonamides is 1. The Balaban J connectivity index is 1.44. The van der Waals surface area contributed by atoms with Gasteiger partial charge in [-0.3, -0.25) is 4.79 Å². The van der Waals surface area contributed by atoms with Crippen LogP contribution in [-0.2, 0) is 29.4 Å². The van der Waals surface area contributed by atoms with Gasteiger partial charge in [0.2, 0.25) is 10.0 Å². The third-order valence-electron chi connectivity index (χ3n) is 4.99. The number of carbonyl (C=O) groups is 1. The maximum Gasteiger partial charge on any atom is 0.265 e. The van der Waals surface area contributed by atoms with Gasteiger partial charge in [-0.2, -0.15) is 0 Å². The molecular formula is C20H24N4O3S2. The monoisotopic (exact) mass is 432 g/mol. The zero-order valence-electron chi connectivity index (χ0n) is 16.3. The number of nitrogens with zero attached hydrogens (tertiary/aromatic N) is 2. The zero-order valence-corrected chi connectivity index (χ0v) is 17.9. The van der Waals surface area contributed by atoms with Crippen molar-refractivity contribution in [3.8, 4) is 0 Å². The van der Waals surface area contributed by atoms with Gasteiger partial charge >= 0.3 is 0 Å². The van der Waals surface area contributed by atoms with Crippen molar-refractivity contribution < 1.29 is 13.2 Å². The van der Waals surface area contributed by atoms with E-state index in [2.05, 4.69) is 14.6 Å². The number of thiophene rings is 1. The second kappa shape index (κ2) is 8.25. The Labute approximate surface area is 174 Å². The van der Waals surface area contributed by atoms with E-state index in [0.717, 1.165) is 46.6 Å². The average molecular weight is 433 g/mol. The van der Waals surface area contributed by atoms with E-state index in [1.165, 1.54) is 30.6 Å². The fourth-order valence-corrected chi connectivity index (χ4v) is 4.99. The van der Waals surface area contributed by atoms with Gasteiger partial charge in [-0.25, -0.2) is 18.1 Å². The number of aryl methyl sites for hydroxylation is 2. The van der Waals surface area contributed by atoms with Gasteiger partial charge in [-0.15, -0.1) is 11.3 Å². The summed E-state index contributed by atoms with van der Waals surface area (Å²) in [6, 6.07) is 9.51. The van der Waals surface area contributed by atoms with Crippen LogP contribution in [0.4, 0.5) is 5.69 Å². The highest BCUT2D eigenvalue weighted by Gasteiger charge is 2.15. The highest BCUT2D eigenvalue weighted by Crippen LogP contribution is 2.25. The Hall–Kier alpha value is -2.23. The molecule has 154 valence electrons. The second-order valence-corrected chi connectivity index (χ2v) is 10.3. The van der Waals surface area contributed by atoms with Crippen molar-refractivity contribution in [1.82, 2.24) is 14.3 Å². The van der Waals surface area contributed by atoms with Gasteiger partial charge in [0.25, 0.3) is 5.91 Å². The first-order chi connectivity index (χ1) is 13.9. The van der Waals surface area contributed by atoms with Crippen molar-refractivity contribution in [2.24, 2.45) is 0 Å². The molecule has 2 aromatic heterocycles. The Kier molecular flexibility index (Phi) is 5.71. The van der Waals surface area contributed by atoms with Crippen LogP contribution in [0.1, 0.15) is 39.6 Å². The van der Waals surface area contributed by atoms with Gasteiger partial charge in [0.1, 0.15) is 5.82 Å². The van der Waals surface area contributed by atoms with Gasteiger partial charge in [0, 0.05) is 30.1 Å². The van der Waals surface area contributed by atoms with Crippen molar-refractivity contribution in [1.29, 1.82) is 0 Å². The van der Waals surface area contributed by atoms with E-state index in [1.54, 1.807) is 6.07 Å². The van der Waals surface area contributed by atoms with Gasteiger partial charge in [-0.1, -0.05) is 6.42 Å². The molecule has 3 heterocycles. The van der Waals surface area contributed by atoms with Crippen molar-refractivity contribution >= 4 is 44.0 Å². The molecule has 29 heavy (non-hydrogen) atoms. The molecule has 1 aromatic carbocycles. The topological polar surface area (TPSA) is 93.1 Å². The standard InChI is InChI=1S/C20H24N4O3S2/c1-29(26,27)21-11-10-15-7-9-18(28-15)20(25)22-14-6-8-17-16(13-14)23-19-5-3-2-4-12-24(17)19/h6-9,13,21H,2-5,10-12H2,1H3,(H,22,25). The minimum Gasteiger partial charge on any atom is -0.328 e. The fraction of sp³-hybridized carbons (Fsp3) is 0.400. The van der Waals surface area contributed by atoms with Crippen molar-refractivity contribution in [2.45, 2.75) is 38.6 Å². The molecule has 0 bridgehead atoms. The fourth-order valence-electron chi connectivity index (χ4n) is 3.61. The first kappa shape index (κ1) is 20.1. The van der Waals surface area contributed by atoms with E-state index in [9.17, 15) is 13.2 Å². The van der Waals surface area contributed by atoms with Crippen LogP contribution in [0.3, 0.4) is 0 Å². The summed E-state index contributed by atoms with van der Waals surface area (Å²) < 4.78 is 27.0. The van der Waals surface area contributed by atoms with Gasteiger partial charge in [-0.05, 0) is 49.6 Å². The molecule has 1 aliphatic heterocycles. The van der Waals surface area contributed by atoms with Crippen LogP contribution in [0.15, 0.2) is 30.3 Å². The summed E-state index contributed by atoms with van der Waals surface area (Å²) in [7, 11) is -3.20. The average Bonchev–Trinajstić information content (AvgIpc) is 3.18. The van der Waals surface area contributed by atoms with E-state index in [4.69, 9.17) is 4.98 Å². The SMILES string of the molecule is CS(=O)(=O)NCCc1ccc(C(=O)Nc2ccc3c(c2)nc2n3CCCCC2)s1. The number of benzene rings is 1. The summed E-state index contributed by atoms with van der Waals surface area (Å²) in [6.07, 6.45) is 6.28. The van der Waals surface area contributed by atoms with E-state index in [1.807, 2.05) is 24.3 Å². The predicted molar refractivity (Wildman–Crippen MR) is 116 cm³/mol. The first-order valence-electron chi connectivity index (χ1n) is 9.73. The van der Waals surface area contributed by atoms with Crippen LogP contribution >= 0.6 is 11.3 Å². The lowest BCUT2D eigenvalue weighted by atomic mass is 10.2. The van der Waals surface area contributed by atoms with Gasteiger partial charge < -0.3 is 9.88 Å². The molecule has 0 atom stereocenters. The van der Waals surface area contributed by atoms with Crippen LogP contribution in [0.5, 0.6) is 0 Å². The number of carbonyl (C=O) groups excluding carboxylic acids is 1. The Morgan fingerprint density at radius 1 is 1.21 bits per heavy atom. The molecule has 0 spiro atoms. The molecule has 9 heteroatoms. The normalized spacial score (nSPS) is 14.5. The minimum absolute atomic E-state index is 0.169. The van der Waals surface area contributed by atoms with E-state index in [0.29, 0.717) is 17.8 Å². The summed E-state index contributed by atoms with van der Waals surface area (Å²) >= 11 is 1.37. The Morgan fingerprint density at radius 2 is 2.07 bits per heavy atom. The van der Waals surface area contributed by atoms with Crippen molar-refractivity contribution in [3.05, 3.63) is 45.9 Å². The molecule has 0 saturated heterocycles.